The molecule has 1 unspecified atom stereocenters. The Balaban J connectivity index is 5.32. The molecule has 1 amide bonds. The van der Waals surface area contributed by atoms with E-state index in [1.54, 1.807) is 0 Å². The SMILES string of the molecule is CC(C)C(C)OC(=O)N(CC(C)(C)C)C(C)(C)CC(C)(C)C. The van der Waals surface area contributed by atoms with Gasteiger partial charge in [-0.25, -0.2) is 4.79 Å². The van der Waals surface area contributed by atoms with E-state index in [1.165, 1.54) is 0 Å². The first kappa shape index (κ1) is 21.3. The van der Waals surface area contributed by atoms with Gasteiger partial charge in [-0.3, -0.25) is 0 Å². The largest absolute Gasteiger partial charge is 0.446 e. The van der Waals surface area contributed by atoms with Crippen LogP contribution in [0.1, 0.15) is 82.6 Å². The van der Waals surface area contributed by atoms with Gasteiger partial charge in [0.1, 0.15) is 6.10 Å². The molecule has 22 heavy (non-hydrogen) atoms. The number of carbonyl (C=O) groups excluding carboxylic acids is 1. The van der Waals surface area contributed by atoms with Gasteiger partial charge < -0.3 is 9.64 Å². The Bertz CT molecular complexity index is 359. The molecule has 0 aromatic carbocycles. The Morgan fingerprint density at radius 1 is 0.909 bits per heavy atom. The number of amides is 1. The van der Waals surface area contributed by atoms with Crippen LogP contribution in [0.15, 0.2) is 0 Å². The second-order valence-electron chi connectivity index (χ2n) is 10.0. The van der Waals surface area contributed by atoms with E-state index in [1.807, 2.05) is 11.8 Å². The first-order chi connectivity index (χ1) is 9.55. The number of ether oxygens (including phenoxy) is 1. The van der Waals surface area contributed by atoms with E-state index >= 15 is 0 Å². The molecule has 0 radical (unpaired) electrons. The summed E-state index contributed by atoms with van der Waals surface area (Å²) >= 11 is 0. The number of nitrogens with zero attached hydrogens (tertiary/aromatic N) is 1. The fraction of sp³-hybridized carbons (Fsp3) is 0.947. The molecule has 0 fully saturated rings. The van der Waals surface area contributed by atoms with Crippen LogP contribution in [0.4, 0.5) is 4.79 Å². The van der Waals surface area contributed by atoms with Gasteiger partial charge in [-0.05, 0) is 43.9 Å². The van der Waals surface area contributed by atoms with Crippen LogP contribution in [0.25, 0.3) is 0 Å². The van der Waals surface area contributed by atoms with Crippen molar-refractivity contribution in [3.05, 3.63) is 0 Å². The maximum absolute atomic E-state index is 12.8. The lowest BCUT2D eigenvalue weighted by molar-refractivity contribution is 0.00204. The molecule has 1 atom stereocenters. The zero-order valence-corrected chi connectivity index (χ0v) is 16.8. The van der Waals surface area contributed by atoms with Crippen LogP contribution in [0.2, 0.25) is 0 Å². The van der Waals surface area contributed by atoms with Gasteiger partial charge in [-0.1, -0.05) is 55.4 Å². The topological polar surface area (TPSA) is 29.5 Å². The minimum Gasteiger partial charge on any atom is -0.446 e. The van der Waals surface area contributed by atoms with E-state index in [0.717, 1.165) is 6.42 Å². The zero-order chi connectivity index (χ0) is 17.9. The van der Waals surface area contributed by atoms with Crippen molar-refractivity contribution in [2.75, 3.05) is 6.54 Å². The van der Waals surface area contributed by atoms with Crippen LogP contribution in [0.5, 0.6) is 0 Å². The van der Waals surface area contributed by atoms with Crippen molar-refractivity contribution in [2.24, 2.45) is 16.7 Å². The minimum absolute atomic E-state index is 0.0369. The first-order valence-electron chi connectivity index (χ1n) is 8.53. The van der Waals surface area contributed by atoms with Gasteiger partial charge in [0.2, 0.25) is 0 Å². The van der Waals surface area contributed by atoms with Crippen molar-refractivity contribution in [1.82, 2.24) is 4.90 Å². The first-order valence-corrected chi connectivity index (χ1v) is 8.53. The van der Waals surface area contributed by atoms with Gasteiger partial charge in [-0.15, -0.1) is 0 Å². The van der Waals surface area contributed by atoms with Crippen molar-refractivity contribution < 1.29 is 9.53 Å². The lowest BCUT2D eigenvalue weighted by Gasteiger charge is -2.44. The second kappa shape index (κ2) is 7.23. The normalized spacial score (nSPS) is 14.9. The van der Waals surface area contributed by atoms with Crippen LogP contribution in [0.3, 0.4) is 0 Å². The second-order valence-corrected chi connectivity index (χ2v) is 10.0. The summed E-state index contributed by atoms with van der Waals surface area (Å²) in [5.41, 5.74) is -0.0435. The van der Waals surface area contributed by atoms with Crippen LogP contribution in [-0.4, -0.2) is 29.2 Å². The van der Waals surface area contributed by atoms with Crippen molar-refractivity contribution in [1.29, 1.82) is 0 Å². The predicted molar refractivity (Wildman–Crippen MR) is 95.1 cm³/mol. The van der Waals surface area contributed by atoms with Crippen LogP contribution < -0.4 is 0 Å². The molecule has 3 heteroatoms. The lowest BCUT2D eigenvalue weighted by atomic mass is 9.80. The third-order valence-electron chi connectivity index (χ3n) is 3.77. The average Bonchev–Trinajstić information content (AvgIpc) is 2.20. The summed E-state index contributed by atoms with van der Waals surface area (Å²) in [4.78, 5) is 14.7. The highest BCUT2D eigenvalue weighted by atomic mass is 16.6. The summed E-state index contributed by atoms with van der Waals surface area (Å²) in [6, 6.07) is 0. The van der Waals surface area contributed by atoms with Gasteiger partial charge in [0.25, 0.3) is 0 Å². The molecule has 132 valence electrons. The van der Waals surface area contributed by atoms with Crippen LogP contribution in [0, 0.1) is 16.7 Å². The Kier molecular flexibility index (Phi) is 6.99. The van der Waals surface area contributed by atoms with Gasteiger partial charge in [0.05, 0.1) is 0 Å². The van der Waals surface area contributed by atoms with Crippen molar-refractivity contribution in [2.45, 2.75) is 94.2 Å². The quantitative estimate of drug-likeness (QED) is 0.648. The van der Waals surface area contributed by atoms with E-state index < -0.39 is 0 Å². The van der Waals surface area contributed by atoms with E-state index in [-0.39, 0.29) is 28.6 Å². The molecule has 0 aliphatic rings. The number of carbonyl (C=O) groups is 1. The Morgan fingerprint density at radius 3 is 1.68 bits per heavy atom. The predicted octanol–water partition coefficient (Wildman–Crippen LogP) is 5.73. The third kappa shape index (κ3) is 8.05. The molecule has 0 N–H and O–H groups in total. The van der Waals surface area contributed by atoms with Gasteiger partial charge in [-0.2, -0.15) is 0 Å². The maximum Gasteiger partial charge on any atom is 0.410 e. The molecule has 0 aliphatic heterocycles. The molecule has 0 saturated heterocycles. The van der Waals surface area contributed by atoms with Crippen LogP contribution >= 0.6 is 0 Å². The van der Waals surface area contributed by atoms with E-state index in [9.17, 15) is 4.79 Å². The summed E-state index contributed by atoms with van der Waals surface area (Å²) in [6.45, 7) is 24.2. The van der Waals surface area contributed by atoms with E-state index in [2.05, 4.69) is 69.2 Å². The van der Waals surface area contributed by atoms with Gasteiger partial charge >= 0.3 is 6.09 Å². The highest BCUT2D eigenvalue weighted by Crippen LogP contribution is 2.34. The molecule has 0 bridgehead atoms. The van der Waals surface area contributed by atoms with Crippen LogP contribution in [-0.2, 0) is 4.74 Å². The Morgan fingerprint density at radius 2 is 1.36 bits per heavy atom. The molecule has 0 aromatic rings. The smallest absolute Gasteiger partial charge is 0.410 e. The number of hydrogen-bond acceptors (Lipinski definition) is 2. The fourth-order valence-electron chi connectivity index (χ4n) is 2.75. The minimum atomic E-state index is -0.237. The maximum atomic E-state index is 12.8. The highest BCUT2D eigenvalue weighted by molar-refractivity contribution is 5.69. The molecule has 0 aromatic heterocycles. The van der Waals surface area contributed by atoms with Crippen molar-refractivity contribution >= 4 is 6.09 Å². The summed E-state index contributed by atoms with van der Waals surface area (Å²) in [6.07, 6.45) is 0.673. The molecule has 0 rings (SSSR count). The third-order valence-corrected chi connectivity index (χ3v) is 3.77. The average molecular weight is 314 g/mol. The summed E-state index contributed by atoms with van der Waals surface area (Å²) in [5.74, 6) is 0.325. The standard InChI is InChI=1S/C19H39NO2/c1-14(2)15(3)22-16(21)20(13-18(7,8)9)19(10,11)12-17(4,5)6/h14-15H,12-13H2,1-11H3. The number of hydrogen-bond donors (Lipinski definition) is 0. The Labute approximate surface area is 138 Å². The molecular formula is C19H39NO2. The molecule has 0 spiro atoms. The van der Waals surface area contributed by atoms with Gasteiger partial charge in [0, 0.05) is 12.1 Å². The van der Waals surface area contributed by atoms with Gasteiger partial charge in [0.15, 0.2) is 0 Å². The lowest BCUT2D eigenvalue weighted by Crippen LogP contribution is -2.53. The monoisotopic (exact) mass is 313 g/mol. The number of rotatable bonds is 5. The fourth-order valence-corrected chi connectivity index (χ4v) is 2.75. The summed E-state index contributed by atoms with van der Waals surface area (Å²) in [7, 11) is 0. The molecule has 0 saturated carbocycles. The van der Waals surface area contributed by atoms with E-state index in [0.29, 0.717) is 12.5 Å². The summed E-state index contributed by atoms with van der Waals surface area (Å²) < 4.78 is 5.71. The highest BCUT2D eigenvalue weighted by Gasteiger charge is 2.38. The Hall–Kier alpha value is -0.730. The van der Waals surface area contributed by atoms with Crippen molar-refractivity contribution in [3.63, 3.8) is 0 Å². The molecule has 0 aliphatic carbocycles. The molecule has 0 heterocycles. The molecule has 3 nitrogen and oxygen atoms in total. The van der Waals surface area contributed by atoms with Crippen molar-refractivity contribution in [3.8, 4) is 0 Å². The zero-order valence-electron chi connectivity index (χ0n) is 16.8. The molecular weight excluding hydrogens is 274 g/mol. The van der Waals surface area contributed by atoms with E-state index in [4.69, 9.17) is 4.74 Å². The summed E-state index contributed by atoms with van der Waals surface area (Å²) in [5, 5.41) is 0.